The van der Waals surface area contributed by atoms with Gasteiger partial charge < -0.3 is 4.79 Å². The van der Waals surface area contributed by atoms with Crippen LogP contribution in [-0.4, -0.2) is 9.52 Å². The predicted molar refractivity (Wildman–Crippen MR) is 64.2 cm³/mol. The molecule has 12 heavy (non-hydrogen) atoms. The second-order valence-corrected chi connectivity index (χ2v) is 7.87. The van der Waals surface area contributed by atoms with Crippen LogP contribution in [0.5, 0.6) is 0 Å². The van der Waals surface area contributed by atoms with E-state index in [4.69, 9.17) is 0 Å². The second-order valence-electron chi connectivity index (χ2n) is 2.35. The maximum atomic E-state index is 10.6. The predicted octanol–water partition coefficient (Wildman–Crippen LogP) is 3.86. The van der Waals surface area contributed by atoms with E-state index < -0.39 is 0 Å². The van der Waals surface area contributed by atoms with Crippen molar-refractivity contribution in [3.8, 4) is 0 Å². The number of halogens is 4. The average Bonchev–Trinajstić information content (AvgIpc) is 1.82. The van der Waals surface area contributed by atoms with Crippen molar-refractivity contribution in [2.24, 2.45) is 5.92 Å². The summed E-state index contributed by atoms with van der Waals surface area (Å²) in [4.78, 5) is 10.6. The zero-order valence-electron chi connectivity index (χ0n) is 5.73. The summed E-state index contributed by atoms with van der Waals surface area (Å²) in [5.41, 5.74) is 0. The van der Waals surface area contributed by atoms with Crippen LogP contribution in [0.4, 0.5) is 0 Å². The molecule has 0 saturated heterocycles. The van der Waals surface area contributed by atoms with Gasteiger partial charge in [0.2, 0.25) is 0 Å². The molecular weight excluding hydrogens is 420 g/mol. The molecule has 0 aromatic carbocycles. The topological polar surface area (TPSA) is 17.1 Å². The van der Waals surface area contributed by atoms with Gasteiger partial charge in [0, 0.05) is 8.96 Å². The van der Waals surface area contributed by atoms with Gasteiger partial charge in [-0.25, -0.2) is 0 Å². The molecule has 0 atom stereocenters. The van der Waals surface area contributed by atoms with Crippen molar-refractivity contribution in [1.82, 2.24) is 0 Å². The minimum absolute atomic E-state index is 0.201. The molecule has 0 saturated carbocycles. The number of hydrogen-bond acceptors (Lipinski definition) is 1. The lowest BCUT2D eigenvalue weighted by Gasteiger charge is -2.22. The molecule has 1 nitrogen and oxygen atoms in total. The van der Waals surface area contributed by atoms with Crippen LogP contribution in [-0.2, 0) is 4.79 Å². The van der Waals surface area contributed by atoms with Crippen LogP contribution in [0.1, 0.15) is 0 Å². The molecule has 0 aliphatic heterocycles. The highest BCUT2D eigenvalue weighted by atomic mass is 79.9. The van der Waals surface area contributed by atoms with Gasteiger partial charge in [0.1, 0.15) is 9.52 Å². The lowest BCUT2D eigenvalue weighted by Crippen LogP contribution is -2.15. The Balaban J connectivity index is 3.03. The standard InChI is InChI=1S/C7H4Br4O/c8-5-1-7(10,11)2-6(9)4(5)3-12/h1-4H. The van der Waals surface area contributed by atoms with Gasteiger partial charge in [0.05, 0.1) is 5.92 Å². The number of carbonyl (C=O) groups excluding carboxylic acids is 1. The number of carbonyl (C=O) groups is 1. The lowest BCUT2D eigenvalue weighted by atomic mass is 10.1. The SMILES string of the molecule is O=CC1C(Br)=CC(Br)(Br)C=C1Br. The summed E-state index contributed by atoms with van der Waals surface area (Å²) in [6.45, 7) is 0. The molecule has 0 amide bonds. The summed E-state index contributed by atoms with van der Waals surface area (Å²) in [5, 5.41) is 0. The second kappa shape index (κ2) is 4.07. The summed E-state index contributed by atoms with van der Waals surface area (Å²) >= 11 is 13.5. The minimum atomic E-state index is -0.350. The van der Waals surface area contributed by atoms with E-state index in [1.165, 1.54) is 0 Å². The van der Waals surface area contributed by atoms with Gasteiger partial charge in [-0.1, -0.05) is 63.7 Å². The van der Waals surface area contributed by atoms with E-state index >= 15 is 0 Å². The van der Waals surface area contributed by atoms with Crippen molar-refractivity contribution in [2.45, 2.75) is 3.23 Å². The Hall–Kier alpha value is 1.07. The third kappa shape index (κ3) is 2.53. The van der Waals surface area contributed by atoms with Crippen LogP contribution < -0.4 is 0 Å². The summed E-state index contributed by atoms with van der Waals surface area (Å²) < 4.78 is 1.35. The molecule has 1 aliphatic rings. The first-order valence-corrected chi connectivity index (χ1v) is 6.23. The van der Waals surface area contributed by atoms with Crippen molar-refractivity contribution >= 4 is 70.0 Å². The lowest BCUT2D eigenvalue weighted by molar-refractivity contribution is -0.109. The number of aldehydes is 1. The van der Waals surface area contributed by atoms with Crippen molar-refractivity contribution in [2.75, 3.05) is 0 Å². The fraction of sp³-hybridized carbons (Fsp3) is 0.286. The van der Waals surface area contributed by atoms with Gasteiger partial charge in [-0.15, -0.1) is 0 Å². The van der Waals surface area contributed by atoms with Gasteiger partial charge in [0.15, 0.2) is 0 Å². The van der Waals surface area contributed by atoms with E-state index in [1.54, 1.807) is 0 Å². The molecule has 0 aromatic rings. The van der Waals surface area contributed by atoms with Gasteiger partial charge in [0.25, 0.3) is 0 Å². The summed E-state index contributed by atoms with van der Waals surface area (Å²) in [5.74, 6) is -0.201. The molecule has 0 spiro atoms. The number of rotatable bonds is 1. The first-order chi connectivity index (χ1) is 5.46. The molecule has 66 valence electrons. The summed E-state index contributed by atoms with van der Waals surface area (Å²) in [7, 11) is 0. The Bertz CT molecular complexity index is 245. The molecule has 0 fully saturated rings. The van der Waals surface area contributed by atoms with Crippen molar-refractivity contribution in [1.29, 1.82) is 0 Å². The number of hydrogen-bond donors (Lipinski definition) is 0. The minimum Gasteiger partial charge on any atom is -0.302 e. The normalized spacial score (nSPS) is 23.0. The molecule has 1 rings (SSSR count). The molecule has 0 bridgehead atoms. The van der Waals surface area contributed by atoms with Crippen molar-refractivity contribution in [3.63, 3.8) is 0 Å². The maximum absolute atomic E-state index is 10.6. The zero-order chi connectivity index (χ0) is 9.35. The van der Waals surface area contributed by atoms with Crippen LogP contribution in [0.25, 0.3) is 0 Å². The fourth-order valence-electron chi connectivity index (χ4n) is 0.851. The first kappa shape index (κ1) is 11.1. The van der Waals surface area contributed by atoms with E-state index in [9.17, 15) is 4.79 Å². The average molecular weight is 424 g/mol. The molecule has 0 heterocycles. The fourth-order valence-corrected chi connectivity index (χ4v) is 4.80. The molecular formula is C7H4Br4O. The van der Waals surface area contributed by atoms with Crippen LogP contribution >= 0.6 is 63.7 Å². The molecule has 0 aromatic heterocycles. The first-order valence-electron chi connectivity index (χ1n) is 3.06. The van der Waals surface area contributed by atoms with Crippen LogP contribution in [0, 0.1) is 5.92 Å². The maximum Gasteiger partial charge on any atom is 0.132 e. The smallest absolute Gasteiger partial charge is 0.132 e. The molecule has 0 N–H and O–H groups in total. The monoisotopic (exact) mass is 420 g/mol. The summed E-state index contributed by atoms with van der Waals surface area (Å²) in [6, 6.07) is 0. The van der Waals surface area contributed by atoms with Crippen LogP contribution in [0.3, 0.4) is 0 Å². The number of allylic oxidation sites excluding steroid dienone is 4. The van der Waals surface area contributed by atoms with E-state index in [0.29, 0.717) is 0 Å². The highest BCUT2D eigenvalue weighted by Crippen LogP contribution is 2.43. The molecule has 5 heteroatoms. The van der Waals surface area contributed by atoms with Gasteiger partial charge in [-0.05, 0) is 12.2 Å². The van der Waals surface area contributed by atoms with Gasteiger partial charge in [-0.3, -0.25) is 0 Å². The van der Waals surface area contributed by atoms with E-state index in [-0.39, 0.29) is 9.15 Å². The Kier molecular flexibility index (Phi) is 3.78. The summed E-state index contributed by atoms with van der Waals surface area (Å²) in [6.07, 6.45) is 4.66. The third-order valence-electron chi connectivity index (χ3n) is 1.39. The quantitative estimate of drug-likeness (QED) is 0.462. The van der Waals surface area contributed by atoms with E-state index in [2.05, 4.69) is 63.7 Å². The largest absolute Gasteiger partial charge is 0.302 e. The van der Waals surface area contributed by atoms with Gasteiger partial charge in [-0.2, -0.15) is 0 Å². The highest BCUT2D eigenvalue weighted by molar-refractivity contribution is 9.25. The Morgan fingerprint density at radius 1 is 1.25 bits per heavy atom. The van der Waals surface area contributed by atoms with Crippen molar-refractivity contribution < 1.29 is 4.79 Å². The Morgan fingerprint density at radius 2 is 1.67 bits per heavy atom. The van der Waals surface area contributed by atoms with E-state index in [0.717, 1.165) is 15.3 Å². The van der Waals surface area contributed by atoms with Crippen molar-refractivity contribution in [3.05, 3.63) is 21.1 Å². The highest BCUT2D eigenvalue weighted by Gasteiger charge is 2.28. The van der Waals surface area contributed by atoms with Crippen LogP contribution in [0.15, 0.2) is 21.1 Å². The number of alkyl halides is 2. The Morgan fingerprint density at radius 3 is 2.00 bits per heavy atom. The molecule has 0 radical (unpaired) electrons. The van der Waals surface area contributed by atoms with Crippen LogP contribution in [0.2, 0.25) is 0 Å². The third-order valence-corrected chi connectivity index (χ3v) is 3.75. The molecule has 1 aliphatic carbocycles. The zero-order valence-corrected chi connectivity index (χ0v) is 12.1. The van der Waals surface area contributed by atoms with E-state index in [1.807, 2.05) is 12.2 Å². The molecule has 0 unspecified atom stereocenters. The van der Waals surface area contributed by atoms with Gasteiger partial charge >= 0.3 is 0 Å². The Labute approximate surface area is 104 Å².